The quantitative estimate of drug-likeness (QED) is 0.283. The molecule has 0 aliphatic carbocycles. The number of nitro benzene ring substituents is 1. The van der Waals surface area contributed by atoms with Gasteiger partial charge in [0.1, 0.15) is 5.75 Å². The Morgan fingerprint density at radius 2 is 1.68 bits per heavy atom. The molecule has 0 saturated carbocycles. The number of hydrogen-bond donors (Lipinski definition) is 0. The first kappa shape index (κ1) is 24.3. The molecule has 1 atom stereocenters. The second kappa shape index (κ2) is 10.4. The zero-order valence-corrected chi connectivity index (χ0v) is 18.9. The Balaban J connectivity index is 2.45. The minimum Gasteiger partial charge on any atom is -0.497 e. The average Bonchev–Trinajstić information content (AvgIpc) is 2.73. The summed E-state index contributed by atoms with van der Waals surface area (Å²) in [6.45, 7) is 11.8. The Labute approximate surface area is 183 Å². The minimum absolute atomic E-state index is 0.000737. The topological polar surface area (TPSA) is 89.8 Å². The van der Waals surface area contributed by atoms with Gasteiger partial charge in [-0.1, -0.05) is 29.9 Å². The summed E-state index contributed by atoms with van der Waals surface area (Å²) in [5, 5.41) is 10.9. The van der Waals surface area contributed by atoms with E-state index in [2.05, 4.69) is 13.2 Å². The van der Waals surface area contributed by atoms with Crippen LogP contribution >= 0.6 is 0 Å². The van der Waals surface area contributed by atoms with E-state index < -0.39 is 21.0 Å². The molecule has 166 valence electrons. The molecule has 0 unspecified atom stereocenters. The van der Waals surface area contributed by atoms with E-state index in [1.807, 2.05) is 31.2 Å². The van der Waals surface area contributed by atoms with Gasteiger partial charge < -0.3 is 4.74 Å². The summed E-state index contributed by atoms with van der Waals surface area (Å²) in [6, 6.07) is 11.9. The number of ether oxygens (including phenoxy) is 1. The van der Waals surface area contributed by atoms with Crippen LogP contribution in [0.3, 0.4) is 0 Å². The van der Waals surface area contributed by atoms with Crippen molar-refractivity contribution >= 4 is 15.7 Å². The summed E-state index contributed by atoms with van der Waals surface area (Å²) in [7, 11) is -2.35. The van der Waals surface area contributed by atoms with Gasteiger partial charge in [0, 0.05) is 24.7 Å². The predicted molar refractivity (Wildman–Crippen MR) is 122 cm³/mol. The summed E-state index contributed by atoms with van der Waals surface area (Å²) in [5.41, 5.74) is 2.33. The van der Waals surface area contributed by atoms with E-state index in [4.69, 9.17) is 4.74 Å². The van der Waals surface area contributed by atoms with Crippen LogP contribution in [-0.2, 0) is 16.4 Å². The van der Waals surface area contributed by atoms with E-state index in [1.165, 1.54) is 28.6 Å². The van der Waals surface area contributed by atoms with Crippen LogP contribution in [0.1, 0.15) is 25.8 Å². The van der Waals surface area contributed by atoms with Gasteiger partial charge in [0.2, 0.25) is 10.0 Å². The standard InChI is InChI=1S/C23H28N2O5S/c1-17(2)14-15-24(31(28,29)22-12-8-20(9-13-22)25(26)27)23(18(3)4)16-19-6-10-21(30-5)11-7-19/h6-13,23H,1,3,14-16H2,2,4-5H3/t23-/m1/s1. The van der Waals surface area contributed by atoms with Gasteiger partial charge in [0.05, 0.1) is 16.9 Å². The summed E-state index contributed by atoms with van der Waals surface area (Å²) in [5.74, 6) is 0.716. The van der Waals surface area contributed by atoms with Crippen LogP contribution in [-0.4, -0.2) is 37.3 Å². The molecule has 0 spiro atoms. The van der Waals surface area contributed by atoms with Crippen LogP contribution in [0.5, 0.6) is 5.75 Å². The lowest BCUT2D eigenvalue weighted by Gasteiger charge is -2.32. The smallest absolute Gasteiger partial charge is 0.269 e. The minimum atomic E-state index is -3.93. The van der Waals surface area contributed by atoms with Crippen LogP contribution in [0.25, 0.3) is 0 Å². The summed E-state index contributed by atoms with van der Waals surface area (Å²) in [4.78, 5) is 10.4. The van der Waals surface area contributed by atoms with Crippen molar-refractivity contribution in [3.63, 3.8) is 0 Å². The molecule has 0 amide bonds. The molecule has 0 bridgehead atoms. The highest BCUT2D eigenvalue weighted by molar-refractivity contribution is 7.89. The number of non-ortho nitro benzene ring substituents is 1. The third kappa shape index (κ3) is 6.26. The van der Waals surface area contributed by atoms with E-state index in [0.29, 0.717) is 24.2 Å². The summed E-state index contributed by atoms with van der Waals surface area (Å²) < 4.78 is 33.7. The monoisotopic (exact) mass is 444 g/mol. The largest absolute Gasteiger partial charge is 0.497 e. The Morgan fingerprint density at radius 1 is 1.10 bits per heavy atom. The fraction of sp³-hybridized carbons (Fsp3) is 0.304. The molecule has 0 aromatic heterocycles. The number of rotatable bonds is 11. The molecule has 8 heteroatoms. The van der Waals surface area contributed by atoms with Gasteiger partial charge in [-0.2, -0.15) is 4.31 Å². The lowest BCUT2D eigenvalue weighted by molar-refractivity contribution is -0.384. The van der Waals surface area contributed by atoms with Crippen molar-refractivity contribution in [3.8, 4) is 5.75 Å². The van der Waals surface area contributed by atoms with E-state index in [0.717, 1.165) is 11.1 Å². The number of methoxy groups -OCH3 is 1. The van der Waals surface area contributed by atoms with Crippen molar-refractivity contribution in [2.45, 2.75) is 37.6 Å². The first-order valence-corrected chi connectivity index (χ1v) is 11.2. The van der Waals surface area contributed by atoms with Crippen LogP contribution in [0.15, 0.2) is 77.7 Å². The lowest BCUT2D eigenvalue weighted by atomic mass is 10.0. The molecular weight excluding hydrogens is 416 g/mol. The maximum Gasteiger partial charge on any atom is 0.269 e. The highest BCUT2D eigenvalue weighted by Crippen LogP contribution is 2.27. The van der Waals surface area contributed by atoms with Gasteiger partial charge >= 0.3 is 0 Å². The summed E-state index contributed by atoms with van der Waals surface area (Å²) >= 11 is 0. The molecule has 31 heavy (non-hydrogen) atoms. The fourth-order valence-corrected chi connectivity index (χ4v) is 4.80. The van der Waals surface area contributed by atoms with Crippen molar-refractivity contribution in [2.24, 2.45) is 0 Å². The highest BCUT2D eigenvalue weighted by atomic mass is 32.2. The Hall–Kier alpha value is -2.97. The Kier molecular flexibility index (Phi) is 8.13. The van der Waals surface area contributed by atoms with Crippen LogP contribution in [0, 0.1) is 10.1 Å². The van der Waals surface area contributed by atoms with E-state index in [-0.39, 0.29) is 17.1 Å². The van der Waals surface area contributed by atoms with Crippen molar-refractivity contribution in [2.75, 3.05) is 13.7 Å². The molecule has 0 heterocycles. The number of hydrogen-bond acceptors (Lipinski definition) is 5. The van der Waals surface area contributed by atoms with E-state index in [1.54, 1.807) is 14.0 Å². The van der Waals surface area contributed by atoms with Gasteiger partial charge in [-0.25, -0.2) is 8.42 Å². The molecule has 0 radical (unpaired) electrons. The summed E-state index contributed by atoms with van der Waals surface area (Å²) in [6.07, 6.45) is 0.917. The third-order valence-electron chi connectivity index (χ3n) is 4.92. The second-order valence-corrected chi connectivity index (χ2v) is 9.38. The van der Waals surface area contributed by atoms with Crippen LogP contribution in [0.4, 0.5) is 5.69 Å². The SMILES string of the molecule is C=C(C)CCN([C@H](Cc1ccc(OC)cc1)C(=C)C)S(=O)(=O)c1ccc([N+](=O)[O-])cc1. The maximum absolute atomic E-state index is 13.5. The van der Waals surface area contributed by atoms with Gasteiger partial charge in [-0.15, -0.1) is 6.58 Å². The molecule has 0 aliphatic heterocycles. The van der Waals surface area contributed by atoms with Gasteiger partial charge in [-0.3, -0.25) is 10.1 Å². The van der Waals surface area contributed by atoms with Gasteiger partial charge in [-0.05, 0) is 56.5 Å². The molecule has 0 fully saturated rings. The number of benzene rings is 2. The van der Waals surface area contributed by atoms with Gasteiger partial charge in [0.25, 0.3) is 5.69 Å². The first-order chi connectivity index (χ1) is 14.6. The van der Waals surface area contributed by atoms with Gasteiger partial charge in [0.15, 0.2) is 0 Å². The first-order valence-electron chi connectivity index (χ1n) is 9.75. The number of nitro groups is 1. The average molecular weight is 445 g/mol. The maximum atomic E-state index is 13.5. The number of nitrogens with zero attached hydrogens (tertiary/aromatic N) is 2. The van der Waals surface area contributed by atoms with Crippen molar-refractivity contribution in [1.29, 1.82) is 0 Å². The predicted octanol–water partition coefficient (Wildman–Crippen LogP) is 4.75. The van der Waals surface area contributed by atoms with Crippen LogP contribution in [0.2, 0.25) is 0 Å². The highest BCUT2D eigenvalue weighted by Gasteiger charge is 2.32. The van der Waals surface area contributed by atoms with E-state index >= 15 is 0 Å². The second-order valence-electron chi connectivity index (χ2n) is 7.49. The molecule has 0 aliphatic rings. The van der Waals surface area contributed by atoms with Crippen LogP contribution < -0.4 is 4.74 Å². The van der Waals surface area contributed by atoms with Crippen molar-refractivity contribution in [3.05, 3.63) is 88.5 Å². The molecular formula is C23H28N2O5S. The number of sulfonamides is 1. The Morgan fingerprint density at radius 3 is 2.13 bits per heavy atom. The van der Waals surface area contributed by atoms with E-state index in [9.17, 15) is 18.5 Å². The molecule has 7 nitrogen and oxygen atoms in total. The molecule has 2 aromatic rings. The lowest BCUT2D eigenvalue weighted by Crippen LogP contribution is -2.42. The zero-order valence-electron chi connectivity index (χ0n) is 18.1. The van der Waals surface area contributed by atoms with Crippen molar-refractivity contribution < 1.29 is 18.1 Å². The molecule has 2 rings (SSSR count). The third-order valence-corrected chi connectivity index (χ3v) is 6.84. The fourth-order valence-electron chi connectivity index (χ4n) is 3.13. The molecule has 2 aromatic carbocycles. The van der Waals surface area contributed by atoms with Crippen molar-refractivity contribution in [1.82, 2.24) is 4.31 Å². The molecule has 0 N–H and O–H groups in total. The Bertz CT molecular complexity index is 1040. The zero-order chi connectivity index (χ0) is 23.2. The molecule has 0 saturated heterocycles. The normalized spacial score (nSPS) is 12.4.